The molecule has 0 heterocycles. The maximum Gasteiger partial charge on any atom is 0.122 e. The fraction of sp³-hybridized carbons (Fsp3) is 0.647. The molecule has 0 radical (unpaired) electrons. The molecule has 0 saturated heterocycles. The first-order valence-corrected chi connectivity index (χ1v) is 7.59. The molecule has 1 aromatic rings. The topological polar surface area (TPSA) is 30.5 Å². The van der Waals surface area contributed by atoms with Crippen molar-refractivity contribution >= 4 is 0 Å². The second kappa shape index (κ2) is 6.98. The fourth-order valence-electron chi connectivity index (χ4n) is 3.09. The minimum absolute atomic E-state index is 0.621. The maximum atomic E-state index is 5.32. The second-order valence-corrected chi connectivity index (χ2v) is 5.98. The van der Waals surface area contributed by atoms with E-state index in [1.807, 2.05) is 6.07 Å². The zero-order valence-corrected chi connectivity index (χ0v) is 13.1. The fourth-order valence-corrected chi connectivity index (χ4v) is 3.09. The molecule has 0 amide bonds. The van der Waals surface area contributed by atoms with Gasteiger partial charge in [-0.1, -0.05) is 26.7 Å². The first-order chi connectivity index (χ1) is 9.63. The monoisotopic (exact) mass is 277 g/mol. The quantitative estimate of drug-likeness (QED) is 0.891. The number of ether oxygens (including phenoxy) is 2. The summed E-state index contributed by atoms with van der Waals surface area (Å²) < 4.78 is 10.6. The van der Waals surface area contributed by atoms with Crippen LogP contribution in [0.15, 0.2) is 18.2 Å². The van der Waals surface area contributed by atoms with Gasteiger partial charge in [-0.3, -0.25) is 0 Å². The van der Waals surface area contributed by atoms with E-state index in [0.29, 0.717) is 6.04 Å². The largest absolute Gasteiger partial charge is 0.497 e. The first kappa shape index (κ1) is 15.2. The highest BCUT2D eigenvalue weighted by atomic mass is 16.5. The zero-order chi connectivity index (χ0) is 14.5. The van der Waals surface area contributed by atoms with E-state index in [9.17, 15) is 0 Å². The van der Waals surface area contributed by atoms with Crippen molar-refractivity contribution in [2.75, 3.05) is 14.2 Å². The molecule has 3 nitrogen and oxygen atoms in total. The lowest BCUT2D eigenvalue weighted by Crippen LogP contribution is -2.40. The predicted molar refractivity (Wildman–Crippen MR) is 82.4 cm³/mol. The van der Waals surface area contributed by atoms with Crippen LogP contribution in [0.1, 0.15) is 38.7 Å². The van der Waals surface area contributed by atoms with E-state index in [4.69, 9.17) is 9.47 Å². The molecule has 1 aliphatic carbocycles. The van der Waals surface area contributed by atoms with Crippen LogP contribution >= 0.6 is 0 Å². The molecule has 20 heavy (non-hydrogen) atoms. The molecule has 3 heteroatoms. The predicted octanol–water partition coefficient (Wildman–Crippen LogP) is 3.62. The molecule has 1 aliphatic rings. The minimum Gasteiger partial charge on any atom is -0.497 e. The summed E-state index contributed by atoms with van der Waals surface area (Å²) in [6, 6.07) is 6.68. The van der Waals surface area contributed by atoms with Crippen LogP contribution in [0.2, 0.25) is 0 Å². The third-order valence-electron chi connectivity index (χ3n) is 4.69. The van der Waals surface area contributed by atoms with Crippen LogP contribution in [-0.4, -0.2) is 20.3 Å². The standard InChI is InChI=1S/C17H27NO2/c1-12-6-5-7-17(13(12)2)18-11-14-8-15(19-3)10-16(9-14)20-4/h8-10,12-13,17-18H,5-7,11H2,1-4H3. The Hall–Kier alpha value is -1.22. The number of rotatable bonds is 5. The maximum absolute atomic E-state index is 5.32. The van der Waals surface area contributed by atoms with Crippen molar-refractivity contribution in [3.05, 3.63) is 23.8 Å². The van der Waals surface area contributed by atoms with E-state index >= 15 is 0 Å². The van der Waals surface area contributed by atoms with E-state index in [2.05, 4.69) is 31.3 Å². The molecule has 0 spiro atoms. The van der Waals surface area contributed by atoms with Gasteiger partial charge in [0.05, 0.1) is 14.2 Å². The smallest absolute Gasteiger partial charge is 0.122 e. The van der Waals surface area contributed by atoms with Crippen LogP contribution in [0.3, 0.4) is 0 Å². The Balaban J connectivity index is 1.99. The molecular formula is C17H27NO2. The minimum atomic E-state index is 0.621. The highest BCUT2D eigenvalue weighted by Gasteiger charge is 2.26. The number of methoxy groups -OCH3 is 2. The number of nitrogens with one attached hydrogen (secondary N) is 1. The van der Waals surface area contributed by atoms with Gasteiger partial charge in [-0.25, -0.2) is 0 Å². The van der Waals surface area contributed by atoms with Gasteiger partial charge in [0.1, 0.15) is 11.5 Å². The van der Waals surface area contributed by atoms with Gasteiger partial charge in [-0.2, -0.15) is 0 Å². The summed E-state index contributed by atoms with van der Waals surface area (Å²) in [5.41, 5.74) is 1.21. The molecular weight excluding hydrogens is 250 g/mol. The van der Waals surface area contributed by atoms with E-state index in [0.717, 1.165) is 29.9 Å². The highest BCUT2D eigenvalue weighted by Crippen LogP contribution is 2.30. The van der Waals surface area contributed by atoms with Crippen molar-refractivity contribution in [3.8, 4) is 11.5 Å². The average Bonchev–Trinajstić information content (AvgIpc) is 2.48. The molecule has 1 fully saturated rings. The summed E-state index contributed by atoms with van der Waals surface area (Å²) in [7, 11) is 3.38. The third kappa shape index (κ3) is 3.66. The lowest BCUT2D eigenvalue weighted by atomic mass is 9.78. The van der Waals surface area contributed by atoms with E-state index in [-0.39, 0.29) is 0 Å². The molecule has 0 bridgehead atoms. The van der Waals surface area contributed by atoms with Crippen molar-refractivity contribution in [1.29, 1.82) is 0 Å². The van der Waals surface area contributed by atoms with Gasteiger partial charge in [-0.15, -0.1) is 0 Å². The molecule has 1 N–H and O–H groups in total. The van der Waals surface area contributed by atoms with E-state index in [1.54, 1.807) is 14.2 Å². The second-order valence-electron chi connectivity index (χ2n) is 5.98. The Kier molecular flexibility index (Phi) is 5.30. The molecule has 0 aliphatic heterocycles. The lowest BCUT2D eigenvalue weighted by Gasteiger charge is -2.34. The first-order valence-electron chi connectivity index (χ1n) is 7.59. The molecule has 3 unspecified atom stereocenters. The summed E-state index contributed by atoms with van der Waals surface area (Å²) in [5.74, 6) is 3.27. The molecule has 2 rings (SSSR count). The van der Waals surface area contributed by atoms with Crippen molar-refractivity contribution in [1.82, 2.24) is 5.32 Å². The van der Waals surface area contributed by atoms with Crippen molar-refractivity contribution in [2.45, 2.75) is 45.7 Å². The lowest BCUT2D eigenvalue weighted by molar-refractivity contribution is 0.206. The normalized spacial score (nSPS) is 26.3. The van der Waals surface area contributed by atoms with Crippen molar-refractivity contribution in [2.24, 2.45) is 11.8 Å². The van der Waals surface area contributed by atoms with Gasteiger partial charge in [0.15, 0.2) is 0 Å². The summed E-state index contributed by atoms with van der Waals surface area (Å²) in [6.07, 6.45) is 3.99. The average molecular weight is 277 g/mol. The molecule has 112 valence electrons. The Morgan fingerprint density at radius 3 is 2.30 bits per heavy atom. The zero-order valence-electron chi connectivity index (χ0n) is 13.1. The Bertz CT molecular complexity index is 411. The Labute approximate surface area is 122 Å². The van der Waals surface area contributed by atoms with Gasteiger partial charge in [0, 0.05) is 18.7 Å². The summed E-state index contributed by atoms with van der Waals surface area (Å²) >= 11 is 0. The van der Waals surface area contributed by atoms with Gasteiger partial charge in [0.25, 0.3) is 0 Å². The van der Waals surface area contributed by atoms with Crippen LogP contribution in [0, 0.1) is 11.8 Å². The summed E-state index contributed by atoms with van der Waals surface area (Å²) in [6.45, 7) is 5.61. The number of hydrogen-bond donors (Lipinski definition) is 1. The van der Waals surface area contributed by atoms with E-state index < -0.39 is 0 Å². The summed E-state index contributed by atoms with van der Waals surface area (Å²) in [5, 5.41) is 3.71. The van der Waals surface area contributed by atoms with Gasteiger partial charge < -0.3 is 14.8 Å². The molecule has 1 aromatic carbocycles. The van der Waals surface area contributed by atoms with Crippen molar-refractivity contribution < 1.29 is 9.47 Å². The number of benzene rings is 1. The van der Waals surface area contributed by atoms with Crippen LogP contribution in [0.4, 0.5) is 0 Å². The van der Waals surface area contributed by atoms with Crippen LogP contribution in [0.25, 0.3) is 0 Å². The summed E-state index contributed by atoms with van der Waals surface area (Å²) in [4.78, 5) is 0. The van der Waals surface area contributed by atoms with Crippen LogP contribution < -0.4 is 14.8 Å². The van der Waals surface area contributed by atoms with Gasteiger partial charge in [-0.05, 0) is 36.0 Å². The van der Waals surface area contributed by atoms with Gasteiger partial charge >= 0.3 is 0 Å². The molecule has 1 saturated carbocycles. The molecule has 0 aromatic heterocycles. The molecule has 3 atom stereocenters. The van der Waals surface area contributed by atoms with Crippen molar-refractivity contribution in [3.63, 3.8) is 0 Å². The number of hydrogen-bond acceptors (Lipinski definition) is 3. The van der Waals surface area contributed by atoms with Crippen LogP contribution in [0.5, 0.6) is 11.5 Å². The Morgan fingerprint density at radius 1 is 1.05 bits per heavy atom. The van der Waals surface area contributed by atoms with Crippen LogP contribution in [-0.2, 0) is 6.54 Å². The van der Waals surface area contributed by atoms with Gasteiger partial charge in [0.2, 0.25) is 0 Å². The van der Waals surface area contributed by atoms with E-state index in [1.165, 1.54) is 24.8 Å². The third-order valence-corrected chi connectivity index (χ3v) is 4.69. The SMILES string of the molecule is COc1cc(CNC2CCCC(C)C2C)cc(OC)c1. The Morgan fingerprint density at radius 2 is 1.70 bits per heavy atom. The highest BCUT2D eigenvalue weighted by molar-refractivity contribution is 5.38.